The minimum Gasteiger partial charge on any atom is -0.457 e. The third-order valence-corrected chi connectivity index (χ3v) is 10.8. The summed E-state index contributed by atoms with van der Waals surface area (Å²) in [6.07, 6.45) is 14.2. The largest absolute Gasteiger partial charge is 0.457 e. The van der Waals surface area contributed by atoms with Gasteiger partial charge in [0.25, 0.3) is 0 Å². The van der Waals surface area contributed by atoms with Gasteiger partial charge in [0, 0.05) is 26.2 Å². The average molecular weight is 681 g/mol. The smallest absolute Gasteiger partial charge is 0.417 e. The number of hydrogen-bond acceptors (Lipinski definition) is 14. The van der Waals surface area contributed by atoms with Crippen molar-refractivity contribution in [1.82, 2.24) is 27.3 Å². The predicted octanol–water partition coefficient (Wildman–Crippen LogP) is 5.92. The van der Waals surface area contributed by atoms with Gasteiger partial charge in [-0.05, 0) is 75.3 Å². The zero-order valence-corrected chi connectivity index (χ0v) is 29.1. The van der Waals surface area contributed by atoms with E-state index in [4.69, 9.17) is 9.47 Å². The number of ether oxygens (including phenoxy) is 2. The summed E-state index contributed by atoms with van der Waals surface area (Å²) in [4.78, 5) is 28.5. The molecule has 0 aromatic carbocycles. The van der Waals surface area contributed by atoms with Crippen LogP contribution in [0.1, 0.15) is 75.6 Å². The summed E-state index contributed by atoms with van der Waals surface area (Å²) in [5.74, 6) is 0.172. The fourth-order valence-corrected chi connectivity index (χ4v) is 8.39. The highest BCUT2D eigenvalue weighted by Crippen LogP contribution is 2.30. The van der Waals surface area contributed by atoms with Crippen LogP contribution in [0, 0.1) is 0 Å². The van der Waals surface area contributed by atoms with Gasteiger partial charge in [0.05, 0.1) is 36.7 Å². The lowest BCUT2D eigenvalue weighted by atomic mass is 10.1. The van der Waals surface area contributed by atoms with Gasteiger partial charge in [0.15, 0.2) is 0 Å². The average Bonchev–Trinajstić information content (AvgIpc) is 3.69. The number of thioether (sulfide) groups is 2. The molecule has 44 heavy (non-hydrogen) atoms. The normalized spacial score (nSPS) is 16.0. The first kappa shape index (κ1) is 35.0. The van der Waals surface area contributed by atoms with Gasteiger partial charge in [-0.25, -0.2) is 9.59 Å². The minimum absolute atomic E-state index is 0.241. The number of likely N-dealkylation sites (N-methyl/N-ethyl adjacent to an activating group) is 2. The molecule has 0 unspecified atom stereocenters. The van der Waals surface area contributed by atoms with Gasteiger partial charge in [-0.2, -0.15) is 17.5 Å². The van der Waals surface area contributed by atoms with E-state index in [1.54, 1.807) is 23.5 Å². The third kappa shape index (κ3) is 11.8. The van der Waals surface area contributed by atoms with Crippen LogP contribution in [-0.2, 0) is 19.1 Å². The van der Waals surface area contributed by atoms with E-state index in [1.165, 1.54) is 34.6 Å². The molecule has 0 aliphatic carbocycles. The van der Waals surface area contributed by atoms with Crippen molar-refractivity contribution in [2.45, 2.75) is 74.3 Å². The number of hydrogen-bond donors (Lipinski definition) is 0. The highest BCUT2D eigenvalue weighted by atomic mass is 32.2. The van der Waals surface area contributed by atoms with Gasteiger partial charge in [-0.1, -0.05) is 37.8 Å². The van der Waals surface area contributed by atoms with Crippen LogP contribution >= 0.6 is 47.0 Å². The Labute approximate surface area is 278 Å². The number of unbranched alkanes of at least 4 members (excludes halogenated alkanes) is 6. The molecule has 0 spiro atoms. The Balaban J connectivity index is 0.955. The van der Waals surface area contributed by atoms with Crippen molar-refractivity contribution in [3.63, 3.8) is 0 Å². The maximum Gasteiger partial charge on any atom is 0.417 e. The fourth-order valence-electron chi connectivity index (χ4n) is 4.97. The highest BCUT2D eigenvalue weighted by Gasteiger charge is 2.19. The molecule has 0 N–H and O–H groups in total. The van der Waals surface area contributed by atoms with E-state index in [-0.39, 0.29) is 13.2 Å². The van der Waals surface area contributed by atoms with Gasteiger partial charge >= 0.3 is 11.9 Å². The van der Waals surface area contributed by atoms with Crippen molar-refractivity contribution in [3.05, 3.63) is 23.5 Å². The number of aromatic nitrogens is 4. The quantitative estimate of drug-likeness (QED) is 0.0807. The molecule has 0 fully saturated rings. The molecule has 10 nitrogen and oxygen atoms in total. The molecular formula is C30H44N6O4S4. The second-order valence-corrected chi connectivity index (χ2v) is 14.4. The van der Waals surface area contributed by atoms with Gasteiger partial charge in [0.2, 0.25) is 0 Å². The molecular weight excluding hydrogens is 637 g/mol. The first-order chi connectivity index (χ1) is 21.5. The van der Waals surface area contributed by atoms with Crippen LogP contribution in [-0.4, -0.2) is 104 Å². The molecule has 2 aliphatic heterocycles. The first-order valence-corrected chi connectivity index (χ1v) is 18.9. The Bertz CT molecular complexity index is 1160. The van der Waals surface area contributed by atoms with Gasteiger partial charge < -0.3 is 19.3 Å². The highest BCUT2D eigenvalue weighted by molar-refractivity contribution is 7.99. The van der Waals surface area contributed by atoms with Crippen molar-refractivity contribution in [3.8, 4) is 0 Å². The Kier molecular flexibility index (Phi) is 15.6. The van der Waals surface area contributed by atoms with E-state index in [0.29, 0.717) is 0 Å². The molecule has 242 valence electrons. The van der Waals surface area contributed by atoms with Crippen LogP contribution in [0.25, 0.3) is 11.1 Å². The first-order valence-electron chi connectivity index (χ1n) is 15.5. The molecule has 4 heterocycles. The molecule has 2 aromatic heterocycles. The number of carbonyl (C=O) groups is 2. The number of carbonyl (C=O) groups excluding carboxylic acids is 2. The number of esters is 2. The van der Waals surface area contributed by atoms with E-state index in [9.17, 15) is 9.59 Å². The van der Waals surface area contributed by atoms with Crippen LogP contribution < -0.4 is 0 Å². The molecule has 14 heteroatoms. The topological polar surface area (TPSA) is 111 Å². The zero-order valence-electron chi connectivity index (χ0n) is 25.8. The summed E-state index contributed by atoms with van der Waals surface area (Å²) in [6, 6.07) is 0. The second-order valence-electron chi connectivity index (χ2n) is 11.1. The van der Waals surface area contributed by atoms with E-state index in [2.05, 4.69) is 53.5 Å². The maximum absolute atomic E-state index is 11.9. The second kappa shape index (κ2) is 19.6. The van der Waals surface area contributed by atoms with Crippen LogP contribution in [0.15, 0.2) is 22.2 Å². The zero-order chi connectivity index (χ0) is 31.0. The molecule has 2 aliphatic rings. The Morgan fingerprint density at radius 2 is 1.11 bits per heavy atom. The molecule has 0 amide bonds. The Hall–Kier alpha value is -1.84. The molecule has 0 radical (unpaired) electrons. The molecule has 4 rings (SSSR count). The van der Waals surface area contributed by atoms with Crippen molar-refractivity contribution in [2.24, 2.45) is 0 Å². The van der Waals surface area contributed by atoms with Crippen molar-refractivity contribution in [1.29, 1.82) is 0 Å². The summed E-state index contributed by atoms with van der Waals surface area (Å²) in [7, 11) is 4.27. The summed E-state index contributed by atoms with van der Waals surface area (Å²) in [6.45, 7) is 4.51. The third-order valence-electron chi connectivity index (χ3n) is 7.40. The van der Waals surface area contributed by atoms with Crippen molar-refractivity contribution in [2.75, 3.05) is 65.0 Å². The SMILES string of the molecule is CN1CCC=C(c2nsnc2SCCCCCCOC(=O)C(=O)OCCCCCCSc2nsnc2C2=CCCN(C)C2)C1. The standard InChI is InChI=1S/C30H44N6O4S4/c1-35-15-11-13-23(21-35)25-27(33-43-31-25)41-19-9-5-3-7-17-39-29(37)30(38)40-18-8-4-6-10-20-42-28-26(32-44-34-28)24-14-12-16-36(2)22-24/h13-14H,3-12,15-22H2,1-2H3. The lowest BCUT2D eigenvalue weighted by Gasteiger charge is -2.22. The number of rotatable bonds is 18. The summed E-state index contributed by atoms with van der Waals surface area (Å²) < 4.78 is 28.2. The molecule has 0 bridgehead atoms. The fraction of sp³-hybridized carbons (Fsp3) is 0.667. The van der Waals surface area contributed by atoms with Crippen LogP contribution in [0.2, 0.25) is 0 Å². The Morgan fingerprint density at radius 3 is 1.55 bits per heavy atom. The molecule has 0 atom stereocenters. The van der Waals surface area contributed by atoms with Gasteiger partial charge in [0.1, 0.15) is 21.4 Å². The molecule has 2 aromatic rings. The number of nitrogens with zero attached hydrogens (tertiary/aromatic N) is 6. The lowest BCUT2D eigenvalue weighted by Crippen LogP contribution is -2.25. The van der Waals surface area contributed by atoms with Gasteiger partial charge in [-0.15, -0.1) is 23.5 Å². The van der Waals surface area contributed by atoms with E-state index in [1.807, 2.05) is 0 Å². The van der Waals surface area contributed by atoms with Crippen LogP contribution in [0.3, 0.4) is 0 Å². The summed E-state index contributed by atoms with van der Waals surface area (Å²) in [5, 5.41) is 2.06. The summed E-state index contributed by atoms with van der Waals surface area (Å²) >= 11 is 6.09. The van der Waals surface area contributed by atoms with Gasteiger partial charge in [-0.3, -0.25) is 0 Å². The predicted molar refractivity (Wildman–Crippen MR) is 180 cm³/mol. The monoisotopic (exact) mass is 680 g/mol. The van der Waals surface area contributed by atoms with Crippen LogP contribution in [0.5, 0.6) is 0 Å². The lowest BCUT2D eigenvalue weighted by molar-refractivity contribution is -0.167. The maximum atomic E-state index is 11.9. The Morgan fingerprint density at radius 1 is 0.682 bits per heavy atom. The van der Waals surface area contributed by atoms with E-state index < -0.39 is 11.9 Å². The molecule has 0 saturated heterocycles. The molecule has 0 saturated carbocycles. The minimum atomic E-state index is -0.893. The summed E-state index contributed by atoms with van der Waals surface area (Å²) in [5.41, 5.74) is 4.64. The van der Waals surface area contributed by atoms with Crippen molar-refractivity contribution < 1.29 is 19.1 Å². The van der Waals surface area contributed by atoms with E-state index >= 15 is 0 Å². The van der Waals surface area contributed by atoms with E-state index in [0.717, 1.165) is 123 Å². The van der Waals surface area contributed by atoms with Crippen molar-refractivity contribution >= 4 is 70.1 Å². The van der Waals surface area contributed by atoms with Crippen LogP contribution in [0.4, 0.5) is 0 Å².